The molecule has 2 aromatic heterocycles. The molecule has 11 heteroatoms. The molecule has 0 spiro atoms. The standard InChI is InChI=1S/C21H21F3N4O2S2/c1-20(2,17(29)30)32-19-28-16(12-31-19)4-3-9-25-18-26-10-14(11-27-18)13-5-7-15(8-6-13)21(22,23)24/h5-8,10-12H,3-4,9H2,1-2H3,(H,29,30)(H,25,26,27). The molecule has 0 amide bonds. The van der Waals surface area contributed by atoms with Crippen molar-refractivity contribution in [3.8, 4) is 11.1 Å². The van der Waals surface area contributed by atoms with Gasteiger partial charge in [-0.2, -0.15) is 13.2 Å². The second-order valence-electron chi connectivity index (χ2n) is 7.42. The number of hydrogen-bond acceptors (Lipinski definition) is 7. The highest BCUT2D eigenvalue weighted by molar-refractivity contribution is 8.02. The number of benzene rings is 1. The van der Waals surface area contributed by atoms with Crippen molar-refractivity contribution in [1.29, 1.82) is 0 Å². The molecule has 0 aliphatic rings. The number of rotatable bonds is 9. The number of aryl methyl sites for hydroxylation is 1. The van der Waals surface area contributed by atoms with Crippen LogP contribution in [0.15, 0.2) is 46.4 Å². The van der Waals surface area contributed by atoms with Crippen molar-refractivity contribution < 1.29 is 23.1 Å². The molecule has 3 rings (SSSR count). The lowest BCUT2D eigenvalue weighted by atomic mass is 10.1. The van der Waals surface area contributed by atoms with Crippen molar-refractivity contribution in [3.63, 3.8) is 0 Å². The van der Waals surface area contributed by atoms with E-state index in [2.05, 4.69) is 20.3 Å². The maximum absolute atomic E-state index is 12.7. The van der Waals surface area contributed by atoms with Gasteiger partial charge in [0, 0.05) is 29.9 Å². The Bertz CT molecular complexity index is 1050. The van der Waals surface area contributed by atoms with Gasteiger partial charge in [-0.3, -0.25) is 4.79 Å². The first-order valence-corrected chi connectivity index (χ1v) is 11.3. The van der Waals surface area contributed by atoms with Gasteiger partial charge in [-0.25, -0.2) is 15.0 Å². The van der Waals surface area contributed by atoms with Crippen molar-refractivity contribution in [2.24, 2.45) is 0 Å². The van der Waals surface area contributed by atoms with Gasteiger partial charge >= 0.3 is 12.1 Å². The van der Waals surface area contributed by atoms with Crippen LogP contribution in [0.4, 0.5) is 19.1 Å². The Hall–Kier alpha value is -2.66. The van der Waals surface area contributed by atoms with Crippen LogP contribution in [-0.2, 0) is 17.4 Å². The third kappa shape index (κ3) is 6.42. The fourth-order valence-electron chi connectivity index (χ4n) is 2.60. The number of nitrogens with one attached hydrogen (secondary N) is 1. The number of nitrogens with zero attached hydrogens (tertiary/aromatic N) is 3. The Morgan fingerprint density at radius 1 is 1.12 bits per heavy atom. The van der Waals surface area contributed by atoms with Crippen molar-refractivity contribution >= 4 is 35.0 Å². The minimum Gasteiger partial charge on any atom is -0.480 e. The Morgan fingerprint density at radius 3 is 2.38 bits per heavy atom. The first kappa shape index (κ1) is 24.0. The number of thioether (sulfide) groups is 1. The second kappa shape index (κ2) is 9.86. The normalized spacial score (nSPS) is 12.0. The van der Waals surface area contributed by atoms with Gasteiger partial charge in [-0.05, 0) is 44.4 Å². The largest absolute Gasteiger partial charge is 0.480 e. The first-order chi connectivity index (χ1) is 15.0. The van der Waals surface area contributed by atoms with Crippen LogP contribution < -0.4 is 5.32 Å². The fraction of sp³-hybridized carbons (Fsp3) is 0.333. The Labute approximate surface area is 191 Å². The number of carboxylic acid groups (broad SMARTS) is 1. The van der Waals surface area contributed by atoms with Crippen molar-refractivity contribution in [1.82, 2.24) is 15.0 Å². The molecular weight excluding hydrogens is 461 g/mol. The van der Waals surface area contributed by atoms with Gasteiger partial charge in [0.25, 0.3) is 0 Å². The summed E-state index contributed by atoms with van der Waals surface area (Å²) in [5.41, 5.74) is 1.44. The van der Waals surface area contributed by atoms with E-state index in [0.717, 1.165) is 35.0 Å². The van der Waals surface area contributed by atoms with Gasteiger partial charge in [-0.15, -0.1) is 11.3 Å². The zero-order valence-corrected chi connectivity index (χ0v) is 18.9. The third-order valence-electron chi connectivity index (χ3n) is 4.48. The number of halogens is 3. The number of hydrogen-bond donors (Lipinski definition) is 2. The molecule has 2 N–H and O–H groups in total. The van der Waals surface area contributed by atoms with Crippen LogP contribution in [0.25, 0.3) is 11.1 Å². The van der Waals surface area contributed by atoms with Crippen LogP contribution in [0.2, 0.25) is 0 Å². The summed E-state index contributed by atoms with van der Waals surface area (Å²) in [7, 11) is 0. The molecule has 170 valence electrons. The van der Waals surface area contributed by atoms with Crippen LogP contribution in [0.5, 0.6) is 0 Å². The van der Waals surface area contributed by atoms with E-state index in [1.165, 1.54) is 35.2 Å². The van der Waals surface area contributed by atoms with Crippen LogP contribution in [0, 0.1) is 0 Å². The fourth-order valence-corrected chi connectivity index (χ4v) is 4.83. The number of anilines is 1. The SMILES string of the molecule is CC(C)(Sc1nc(CCCNc2ncc(-c3ccc(C(F)(F)F)cc3)cn2)cs1)C(=O)O. The Balaban J connectivity index is 1.47. The van der Waals surface area contributed by atoms with E-state index in [0.29, 0.717) is 23.6 Å². The zero-order chi connectivity index (χ0) is 23.4. The lowest BCUT2D eigenvalue weighted by molar-refractivity contribution is -0.139. The second-order valence-corrected chi connectivity index (χ2v) is 10.2. The monoisotopic (exact) mass is 482 g/mol. The minimum atomic E-state index is -4.36. The van der Waals surface area contributed by atoms with Crippen molar-refractivity contribution in [2.45, 2.75) is 42.0 Å². The molecule has 0 fully saturated rings. The van der Waals surface area contributed by atoms with E-state index in [1.807, 2.05) is 5.38 Å². The van der Waals surface area contributed by atoms with E-state index in [1.54, 1.807) is 26.2 Å². The summed E-state index contributed by atoms with van der Waals surface area (Å²) in [4.78, 5) is 24.1. The van der Waals surface area contributed by atoms with Crippen LogP contribution in [-0.4, -0.2) is 37.3 Å². The minimum absolute atomic E-state index is 0.429. The van der Waals surface area contributed by atoms with Gasteiger partial charge < -0.3 is 10.4 Å². The molecule has 6 nitrogen and oxygen atoms in total. The number of carbonyl (C=O) groups is 1. The number of thiazole rings is 1. The highest BCUT2D eigenvalue weighted by atomic mass is 32.2. The highest BCUT2D eigenvalue weighted by Crippen LogP contribution is 2.35. The molecule has 32 heavy (non-hydrogen) atoms. The molecule has 1 aromatic carbocycles. The van der Waals surface area contributed by atoms with E-state index < -0.39 is 22.5 Å². The number of aromatic nitrogens is 3. The average Bonchev–Trinajstić information content (AvgIpc) is 3.17. The summed E-state index contributed by atoms with van der Waals surface area (Å²) in [6.07, 6.45) is 0.260. The summed E-state index contributed by atoms with van der Waals surface area (Å²) in [5, 5.41) is 14.2. The van der Waals surface area contributed by atoms with Crippen molar-refractivity contribution in [2.75, 3.05) is 11.9 Å². The van der Waals surface area contributed by atoms with Gasteiger partial charge in [0.15, 0.2) is 4.34 Å². The van der Waals surface area contributed by atoms with E-state index in [-0.39, 0.29) is 0 Å². The smallest absolute Gasteiger partial charge is 0.416 e. The van der Waals surface area contributed by atoms with Crippen LogP contribution >= 0.6 is 23.1 Å². The third-order valence-corrected chi connectivity index (χ3v) is 6.65. The molecular formula is C21H21F3N4O2S2. The van der Waals surface area contributed by atoms with E-state index in [9.17, 15) is 23.1 Å². The van der Waals surface area contributed by atoms with E-state index in [4.69, 9.17) is 0 Å². The first-order valence-electron chi connectivity index (χ1n) is 9.65. The summed E-state index contributed by atoms with van der Waals surface area (Å²) < 4.78 is 37.8. The molecule has 0 saturated carbocycles. The highest BCUT2D eigenvalue weighted by Gasteiger charge is 2.30. The molecule has 0 aliphatic heterocycles. The zero-order valence-electron chi connectivity index (χ0n) is 17.3. The van der Waals surface area contributed by atoms with Gasteiger partial charge in [0.2, 0.25) is 5.95 Å². The maximum Gasteiger partial charge on any atom is 0.416 e. The molecule has 3 aromatic rings. The van der Waals surface area contributed by atoms with Crippen LogP contribution in [0.1, 0.15) is 31.5 Å². The molecule has 0 bridgehead atoms. The summed E-state index contributed by atoms with van der Waals surface area (Å²) in [6, 6.07) is 4.86. The lowest BCUT2D eigenvalue weighted by Gasteiger charge is -2.15. The molecule has 0 aliphatic carbocycles. The van der Waals surface area contributed by atoms with Gasteiger partial charge in [0.05, 0.1) is 11.3 Å². The molecule has 0 unspecified atom stereocenters. The Morgan fingerprint density at radius 2 is 1.78 bits per heavy atom. The molecule has 0 radical (unpaired) electrons. The average molecular weight is 483 g/mol. The molecule has 0 saturated heterocycles. The van der Waals surface area contributed by atoms with Crippen molar-refractivity contribution in [3.05, 3.63) is 53.3 Å². The van der Waals surface area contributed by atoms with Gasteiger partial charge in [-0.1, -0.05) is 23.9 Å². The molecule has 2 heterocycles. The summed E-state index contributed by atoms with van der Waals surface area (Å²) >= 11 is 2.66. The predicted octanol–water partition coefficient (Wildman–Crippen LogP) is 5.62. The summed E-state index contributed by atoms with van der Waals surface area (Å²) in [5.74, 6) is -0.453. The Kier molecular flexibility index (Phi) is 7.40. The maximum atomic E-state index is 12.7. The van der Waals surface area contributed by atoms with Crippen LogP contribution in [0.3, 0.4) is 0 Å². The molecule has 0 atom stereocenters. The topological polar surface area (TPSA) is 88.0 Å². The quantitative estimate of drug-likeness (QED) is 0.302. The van der Waals surface area contributed by atoms with E-state index >= 15 is 0 Å². The lowest BCUT2D eigenvalue weighted by Crippen LogP contribution is -2.26. The number of aliphatic carboxylic acids is 1. The number of carboxylic acids is 1. The van der Waals surface area contributed by atoms with Gasteiger partial charge in [0.1, 0.15) is 4.75 Å². The predicted molar refractivity (Wildman–Crippen MR) is 119 cm³/mol. The number of alkyl halides is 3. The summed E-state index contributed by atoms with van der Waals surface area (Å²) in [6.45, 7) is 3.90.